The Morgan fingerprint density at radius 2 is 2.05 bits per heavy atom. The van der Waals surface area contributed by atoms with Crippen molar-refractivity contribution >= 4 is 47.4 Å². The van der Waals surface area contributed by atoms with Crippen LogP contribution in [0.25, 0.3) is 10.9 Å². The molecular formula is C28H41N3O8S2Si. The molecule has 1 amide bonds. The van der Waals surface area contributed by atoms with E-state index in [0.29, 0.717) is 35.8 Å². The summed E-state index contributed by atoms with van der Waals surface area (Å²) in [5.41, 5.74) is 1.55. The van der Waals surface area contributed by atoms with Gasteiger partial charge >= 0.3 is 14.7 Å². The van der Waals surface area contributed by atoms with Crippen LogP contribution < -0.4 is 15.0 Å². The van der Waals surface area contributed by atoms with Crippen molar-refractivity contribution in [2.45, 2.75) is 68.5 Å². The van der Waals surface area contributed by atoms with Gasteiger partial charge in [0.05, 0.1) is 41.1 Å². The first-order valence-corrected chi connectivity index (χ1v) is 19.9. The van der Waals surface area contributed by atoms with Gasteiger partial charge in [-0.25, -0.2) is 13.2 Å². The first-order chi connectivity index (χ1) is 19.9. The second kappa shape index (κ2) is 13.0. The van der Waals surface area contributed by atoms with Gasteiger partial charge in [0, 0.05) is 53.1 Å². The van der Waals surface area contributed by atoms with Crippen LogP contribution in [-0.2, 0) is 14.9 Å². The van der Waals surface area contributed by atoms with Crippen LogP contribution in [0.3, 0.4) is 0 Å². The topological polar surface area (TPSA) is 163 Å². The summed E-state index contributed by atoms with van der Waals surface area (Å²) in [5.74, 6) is 2.36. The number of hydrogen-bond acceptors (Lipinski definition) is 10. The lowest BCUT2D eigenvalue weighted by Crippen LogP contribution is -3.20. The van der Waals surface area contributed by atoms with Gasteiger partial charge in [-0.1, -0.05) is 12.8 Å². The van der Waals surface area contributed by atoms with Crippen LogP contribution in [0.15, 0.2) is 30.5 Å². The number of carbonyl (C=O) groups excluding carboxylic acids is 1. The number of alkyl carbamates (subject to hydrolysis) is 1. The number of fused-ring (bicyclic) bond motifs is 4. The average Bonchev–Trinajstić information content (AvgIpc) is 2.95. The van der Waals surface area contributed by atoms with E-state index in [1.807, 2.05) is 24.3 Å². The van der Waals surface area contributed by atoms with Crippen LogP contribution in [0, 0.1) is 11.8 Å². The minimum Gasteiger partial charge on any atom is -0.748 e. The minimum atomic E-state index is -4.57. The molecule has 4 heterocycles. The van der Waals surface area contributed by atoms with Gasteiger partial charge in [0.1, 0.15) is 11.8 Å². The molecule has 2 bridgehead atoms. The highest BCUT2D eigenvalue weighted by Crippen LogP contribution is 2.38. The maximum atomic E-state index is 13.4. The highest BCUT2D eigenvalue weighted by atomic mass is 32.2. The number of nitrogens with one attached hydrogen (secondary N) is 2. The molecule has 2 aromatic rings. The van der Waals surface area contributed by atoms with E-state index < -0.39 is 42.2 Å². The number of carbonyl (C=O) groups is 1. The standard InChI is InChI=1S/C28H41N3O8S2Si/c1-38-20-7-8-23-22(14-20)21(9-11-29-23)27(39-28(32)30-24-5-3-4-6-26(24)41(33,34)35)25-13-18-10-12-31(25)15-19(18)16-40-17-42(2,36)37/h7-9,11,14,18-19,24-27,36-37H,3-6,10,12-13,15-17H2,1-2H3,(H,30,32)(H,33,34,35)/t18?,19?,24-,25-,26-,27+/m1/s1. The number of rotatable bonds is 10. The van der Waals surface area contributed by atoms with Crippen LogP contribution in [0.1, 0.15) is 50.2 Å². The van der Waals surface area contributed by atoms with Gasteiger partial charge in [-0.05, 0) is 49.6 Å². The molecular weight excluding hydrogens is 599 g/mol. The van der Waals surface area contributed by atoms with Crippen molar-refractivity contribution in [3.05, 3.63) is 36.0 Å². The number of benzene rings is 1. The molecule has 232 valence electrons. The first kappa shape index (κ1) is 31.5. The van der Waals surface area contributed by atoms with Crippen molar-refractivity contribution in [2.24, 2.45) is 11.8 Å². The van der Waals surface area contributed by atoms with E-state index in [4.69, 9.17) is 9.47 Å². The first-order valence-electron chi connectivity index (χ1n) is 14.6. The van der Waals surface area contributed by atoms with Gasteiger partial charge in [0.2, 0.25) is 0 Å². The predicted molar refractivity (Wildman–Crippen MR) is 160 cm³/mol. The molecule has 4 fully saturated rings. The van der Waals surface area contributed by atoms with E-state index in [9.17, 15) is 27.4 Å². The molecule has 4 aliphatic rings. The number of pyridine rings is 1. The summed E-state index contributed by atoms with van der Waals surface area (Å²) >= 11 is 1.61. The number of ether oxygens (including phenoxy) is 2. The number of quaternary nitrogens is 1. The number of methoxy groups -OCH3 is 1. The van der Waals surface area contributed by atoms with E-state index in [2.05, 4.69) is 10.3 Å². The van der Waals surface area contributed by atoms with Crippen molar-refractivity contribution in [3.63, 3.8) is 0 Å². The lowest BCUT2D eigenvalue weighted by Gasteiger charge is -2.49. The zero-order chi connectivity index (χ0) is 30.1. The molecule has 3 aliphatic heterocycles. The molecule has 3 saturated heterocycles. The molecule has 42 heavy (non-hydrogen) atoms. The van der Waals surface area contributed by atoms with Crippen molar-refractivity contribution < 1.29 is 41.7 Å². The third kappa shape index (κ3) is 7.40. The third-order valence-electron chi connectivity index (χ3n) is 9.08. The molecule has 0 spiro atoms. The Morgan fingerprint density at radius 1 is 1.26 bits per heavy atom. The molecule has 6 rings (SSSR count). The maximum Gasteiger partial charge on any atom is 0.408 e. The summed E-state index contributed by atoms with van der Waals surface area (Å²) in [6.45, 7) is 3.36. The lowest BCUT2D eigenvalue weighted by atomic mass is 9.74. The molecule has 7 atom stereocenters. The predicted octanol–water partition coefficient (Wildman–Crippen LogP) is 1.49. The zero-order valence-electron chi connectivity index (χ0n) is 24.0. The Kier molecular flexibility index (Phi) is 9.72. The van der Waals surface area contributed by atoms with Crippen molar-refractivity contribution in [1.29, 1.82) is 0 Å². The zero-order valence-corrected chi connectivity index (χ0v) is 26.7. The van der Waals surface area contributed by atoms with E-state index >= 15 is 0 Å². The second-order valence-corrected chi connectivity index (χ2v) is 18.1. The largest absolute Gasteiger partial charge is 0.748 e. The molecule has 0 radical (unpaired) electrons. The van der Waals surface area contributed by atoms with Crippen LogP contribution in [0.4, 0.5) is 4.79 Å². The SMILES string of the molecule is COc1ccc2nccc([C@H](OC(=O)N[C@@H]3CCCC[C@H]3S(=O)(=O)[O-])[C@H]3CC4CC[NH+]3CC4CSC[Si](C)(O)O)c2c1. The minimum absolute atomic E-state index is 0.0340. The number of hydrogen-bond donors (Lipinski definition) is 4. The second-order valence-electron chi connectivity index (χ2n) is 12.2. The van der Waals surface area contributed by atoms with Gasteiger partial charge in [0.25, 0.3) is 0 Å². The molecule has 11 nitrogen and oxygen atoms in total. The van der Waals surface area contributed by atoms with Gasteiger partial charge in [0.15, 0.2) is 6.10 Å². The molecule has 1 saturated carbocycles. The van der Waals surface area contributed by atoms with E-state index in [1.54, 1.807) is 25.1 Å². The third-order valence-corrected chi connectivity index (χ3v) is 14.1. The smallest absolute Gasteiger partial charge is 0.408 e. The number of thioether (sulfide) groups is 1. The van der Waals surface area contributed by atoms with Crippen molar-refractivity contribution in [3.8, 4) is 5.75 Å². The molecule has 1 aliphatic carbocycles. The lowest BCUT2D eigenvalue weighted by molar-refractivity contribution is -0.950. The quantitative estimate of drug-likeness (QED) is 0.221. The fraction of sp³-hybridized carbons (Fsp3) is 0.643. The van der Waals surface area contributed by atoms with Crippen molar-refractivity contribution in [1.82, 2.24) is 10.3 Å². The Bertz CT molecular complexity index is 1370. The Hall–Kier alpha value is -1.94. The molecule has 4 N–H and O–H groups in total. The van der Waals surface area contributed by atoms with Gasteiger partial charge in [-0.2, -0.15) is 11.8 Å². The highest BCUT2D eigenvalue weighted by molar-refractivity contribution is 8.00. The highest BCUT2D eigenvalue weighted by Gasteiger charge is 2.49. The normalized spacial score (nSPS) is 28.8. The summed E-state index contributed by atoms with van der Waals surface area (Å²) in [4.78, 5) is 39.0. The monoisotopic (exact) mass is 639 g/mol. The number of nitrogens with zero attached hydrogens (tertiary/aromatic N) is 1. The van der Waals surface area contributed by atoms with E-state index in [-0.39, 0.29) is 12.5 Å². The maximum absolute atomic E-state index is 13.4. The summed E-state index contributed by atoms with van der Waals surface area (Å²) in [6, 6.07) is 6.65. The molecule has 1 aromatic carbocycles. The number of aromatic nitrogens is 1. The Balaban J connectivity index is 1.41. The average molecular weight is 640 g/mol. The Morgan fingerprint density at radius 3 is 2.74 bits per heavy atom. The fourth-order valence-corrected chi connectivity index (χ4v) is 10.9. The van der Waals surface area contributed by atoms with Crippen LogP contribution in [-0.4, -0.2) is 90.9 Å². The summed E-state index contributed by atoms with van der Waals surface area (Å²) in [5, 5.41) is 2.78. The number of amides is 1. The van der Waals surface area contributed by atoms with E-state index in [0.717, 1.165) is 54.6 Å². The van der Waals surface area contributed by atoms with Crippen LogP contribution in [0.5, 0.6) is 5.75 Å². The summed E-state index contributed by atoms with van der Waals surface area (Å²) in [7, 11) is -6.08. The molecule has 3 unspecified atom stereocenters. The van der Waals surface area contributed by atoms with Crippen molar-refractivity contribution in [2.75, 3.05) is 31.3 Å². The summed E-state index contributed by atoms with van der Waals surface area (Å²) in [6.07, 6.45) is 4.23. The Labute approximate surface area is 252 Å². The fourth-order valence-electron chi connectivity index (χ4n) is 7.08. The molecule has 1 aromatic heterocycles. The molecule has 14 heteroatoms. The van der Waals surface area contributed by atoms with Gasteiger partial charge in [-0.3, -0.25) is 4.98 Å². The van der Waals surface area contributed by atoms with Gasteiger partial charge < -0.3 is 33.8 Å². The van der Waals surface area contributed by atoms with E-state index in [1.165, 1.54) is 11.4 Å². The van der Waals surface area contributed by atoms with Gasteiger partial charge in [-0.15, -0.1) is 0 Å². The van der Waals surface area contributed by atoms with Crippen LogP contribution in [0.2, 0.25) is 6.55 Å². The summed E-state index contributed by atoms with van der Waals surface area (Å²) < 4.78 is 47.5. The van der Waals surface area contributed by atoms with Crippen LogP contribution >= 0.6 is 11.8 Å². The number of piperidine rings is 3.